The molecule has 0 bridgehead atoms. The molecular weight excluding hydrogens is 248 g/mol. The lowest BCUT2D eigenvalue weighted by Crippen LogP contribution is -2.52. The van der Waals surface area contributed by atoms with Crippen molar-refractivity contribution >= 4 is 16.5 Å². The Morgan fingerprint density at radius 1 is 1.20 bits per heavy atom. The summed E-state index contributed by atoms with van der Waals surface area (Å²) < 4.78 is 5.58. The van der Waals surface area contributed by atoms with Crippen LogP contribution in [0.1, 0.15) is 19.4 Å². The van der Waals surface area contributed by atoms with E-state index in [0.29, 0.717) is 0 Å². The number of morpholine rings is 1. The number of hydrogen-bond acceptors (Lipinski definition) is 3. The molecule has 2 N–H and O–H groups in total. The summed E-state index contributed by atoms with van der Waals surface area (Å²) in [6.45, 7) is 7.87. The third-order valence-corrected chi connectivity index (χ3v) is 4.19. The Morgan fingerprint density at radius 3 is 2.60 bits per heavy atom. The first-order valence-corrected chi connectivity index (χ1v) is 7.16. The smallest absolute Gasteiger partial charge is 0.0645 e. The summed E-state index contributed by atoms with van der Waals surface area (Å²) in [6.07, 6.45) is 0. The zero-order valence-corrected chi connectivity index (χ0v) is 12.2. The molecule has 2 aromatic carbocycles. The number of fused-ring (bicyclic) bond motifs is 1. The van der Waals surface area contributed by atoms with E-state index in [2.05, 4.69) is 49.1 Å². The van der Waals surface area contributed by atoms with Gasteiger partial charge in [0.1, 0.15) is 0 Å². The fourth-order valence-corrected chi connectivity index (χ4v) is 2.83. The van der Waals surface area contributed by atoms with E-state index in [-0.39, 0.29) is 5.54 Å². The molecule has 0 aromatic heterocycles. The van der Waals surface area contributed by atoms with Crippen LogP contribution in [0.4, 0.5) is 5.69 Å². The predicted octanol–water partition coefficient (Wildman–Crippen LogP) is 3.03. The summed E-state index contributed by atoms with van der Waals surface area (Å²) in [5.74, 6) is 0. The van der Waals surface area contributed by atoms with Gasteiger partial charge in [0.15, 0.2) is 0 Å². The van der Waals surface area contributed by atoms with Crippen LogP contribution in [0.25, 0.3) is 10.8 Å². The van der Waals surface area contributed by atoms with Gasteiger partial charge in [0.2, 0.25) is 0 Å². The molecule has 0 aliphatic carbocycles. The van der Waals surface area contributed by atoms with Gasteiger partial charge in [-0.05, 0) is 42.3 Å². The van der Waals surface area contributed by atoms with Crippen molar-refractivity contribution in [3.8, 4) is 0 Å². The quantitative estimate of drug-likeness (QED) is 0.852. The number of nitrogen functional groups attached to an aromatic ring is 1. The molecule has 1 saturated heterocycles. The molecule has 1 fully saturated rings. The Morgan fingerprint density at radius 2 is 1.90 bits per heavy atom. The van der Waals surface area contributed by atoms with E-state index in [9.17, 15) is 0 Å². The summed E-state index contributed by atoms with van der Waals surface area (Å²) >= 11 is 0. The number of nitrogens with zero attached hydrogens (tertiary/aromatic N) is 1. The van der Waals surface area contributed by atoms with Crippen LogP contribution in [0.15, 0.2) is 36.4 Å². The van der Waals surface area contributed by atoms with Crippen molar-refractivity contribution in [3.05, 3.63) is 42.0 Å². The van der Waals surface area contributed by atoms with Crippen molar-refractivity contribution in [2.45, 2.75) is 25.9 Å². The molecule has 0 saturated carbocycles. The van der Waals surface area contributed by atoms with Gasteiger partial charge >= 0.3 is 0 Å². The highest BCUT2D eigenvalue weighted by molar-refractivity contribution is 5.86. The second kappa shape index (κ2) is 5.08. The van der Waals surface area contributed by atoms with Crippen LogP contribution < -0.4 is 5.73 Å². The molecule has 3 nitrogen and oxygen atoms in total. The molecule has 0 amide bonds. The van der Waals surface area contributed by atoms with E-state index >= 15 is 0 Å². The molecule has 0 radical (unpaired) electrons. The minimum absolute atomic E-state index is 0.0658. The standard InChI is InChI=1S/C17H22N2O/c1-17(2)12-20-8-7-19(17)11-15-9-13-5-3-4-6-14(13)10-16(15)18/h3-6,9-10H,7-8,11-12,18H2,1-2H3. The van der Waals surface area contributed by atoms with Crippen molar-refractivity contribution in [1.29, 1.82) is 0 Å². The fraction of sp³-hybridized carbons (Fsp3) is 0.412. The topological polar surface area (TPSA) is 38.5 Å². The Kier molecular flexibility index (Phi) is 3.40. The van der Waals surface area contributed by atoms with E-state index in [0.717, 1.165) is 32.0 Å². The molecule has 1 heterocycles. The Hall–Kier alpha value is -1.58. The van der Waals surface area contributed by atoms with Crippen molar-refractivity contribution in [2.24, 2.45) is 0 Å². The molecule has 1 aliphatic rings. The van der Waals surface area contributed by atoms with Crippen molar-refractivity contribution < 1.29 is 4.74 Å². The van der Waals surface area contributed by atoms with Crippen LogP contribution in [0.3, 0.4) is 0 Å². The first-order valence-electron chi connectivity index (χ1n) is 7.16. The first kappa shape index (κ1) is 13.4. The molecular formula is C17H22N2O. The molecule has 3 rings (SSSR count). The van der Waals surface area contributed by atoms with E-state index in [1.165, 1.54) is 16.3 Å². The average molecular weight is 270 g/mol. The highest BCUT2D eigenvalue weighted by atomic mass is 16.5. The third-order valence-electron chi connectivity index (χ3n) is 4.19. The van der Waals surface area contributed by atoms with Gasteiger partial charge in [-0.15, -0.1) is 0 Å². The molecule has 0 unspecified atom stereocenters. The van der Waals surface area contributed by atoms with E-state index in [1.54, 1.807) is 0 Å². The number of anilines is 1. The van der Waals surface area contributed by atoms with Gasteiger partial charge in [-0.3, -0.25) is 4.90 Å². The van der Waals surface area contributed by atoms with Gasteiger partial charge < -0.3 is 10.5 Å². The van der Waals surface area contributed by atoms with Gasteiger partial charge in [-0.2, -0.15) is 0 Å². The van der Waals surface area contributed by atoms with Crippen LogP contribution >= 0.6 is 0 Å². The monoisotopic (exact) mass is 270 g/mol. The van der Waals surface area contributed by atoms with Crippen LogP contribution in [-0.4, -0.2) is 30.2 Å². The predicted molar refractivity (Wildman–Crippen MR) is 83.7 cm³/mol. The van der Waals surface area contributed by atoms with Crippen molar-refractivity contribution in [2.75, 3.05) is 25.5 Å². The maximum atomic E-state index is 6.23. The summed E-state index contributed by atoms with van der Waals surface area (Å²) in [7, 11) is 0. The fourth-order valence-electron chi connectivity index (χ4n) is 2.83. The van der Waals surface area contributed by atoms with Crippen molar-refractivity contribution in [3.63, 3.8) is 0 Å². The van der Waals surface area contributed by atoms with Gasteiger partial charge in [-0.1, -0.05) is 24.3 Å². The third kappa shape index (κ3) is 2.51. The minimum atomic E-state index is 0.0658. The minimum Gasteiger partial charge on any atom is -0.398 e. The molecule has 106 valence electrons. The lowest BCUT2D eigenvalue weighted by Gasteiger charge is -2.42. The van der Waals surface area contributed by atoms with E-state index < -0.39 is 0 Å². The Bertz CT molecular complexity index is 621. The largest absolute Gasteiger partial charge is 0.398 e. The second-order valence-corrected chi connectivity index (χ2v) is 6.18. The molecule has 2 aromatic rings. The number of benzene rings is 2. The maximum absolute atomic E-state index is 6.23. The molecule has 0 atom stereocenters. The van der Waals surface area contributed by atoms with Crippen LogP contribution in [0.2, 0.25) is 0 Å². The lowest BCUT2D eigenvalue weighted by atomic mass is 9.99. The first-order chi connectivity index (χ1) is 9.56. The molecule has 1 aliphatic heterocycles. The van der Waals surface area contributed by atoms with Crippen LogP contribution in [-0.2, 0) is 11.3 Å². The van der Waals surface area contributed by atoms with Gasteiger partial charge in [-0.25, -0.2) is 0 Å². The van der Waals surface area contributed by atoms with Gasteiger partial charge in [0.05, 0.1) is 13.2 Å². The molecule has 20 heavy (non-hydrogen) atoms. The average Bonchev–Trinajstić information content (AvgIpc) is 2.41. The number of nitrogens with two attached hydrogens (primary N) is 1. The Labute approximate surface area is 120 Å². The van der Waals surface area contributed by atoms with Crippen LogP contribution in [0, 0.1) is 0 Å². The number of rotatable bonds is 2. The summed E-state index contributed by atoms with van der Waals surface area (Å²) in [4.78, 5) is 2.46. The van der Waals surface area contributed by atoms with Gasteiger partial charge in [0.25, 0.3) is 0 Å². The molecule has 3 heteroatoms. The summed E-state index contributed by atoms with van der Waals surface area (Å²) in [6, 6.07) is 12.7. The summed E-state index contributed by atoms with van der Waals surface area (Å²) in [5, 5.41) is 2.46. The molecule has 0 spiro atoms. The zero-order chi connectivity index (χ0) is 14.2. The Balaban J connectivity index is 1.92. The number of ether oxygens (including phenoxy) is 1. The van der Waals surface area contributed by atoms with E-state index in [1.807, 2.05) is 6.07 Å². The van der Waals surface area contributed by atoms with E-state index in [4.69, 9.17) is 10.5 Å². The van der Waals surface area contributed by atoms with Gasteiger partial charge in [0, 0.05) is 24.3 Å². The normalized spacial score (nSPS) is 19.3. The number of hydrogen-bond donors (Lipinski definition) is 1. The maximum Gasteiger partial charge on any atom is 0.0645 e. The highest BCUT2D eigenvalue weighted by Gasteiger charge is 2.30. The zero-order valence-electron chi connectivity index (χ0n) is 12.2. The highest BCUT2D eigenvalue weighted by Crippen LogP contribution is 2.27. The lowest BCUT2D eigenvalue weighted by molar-refractivity contribution is -0.0551. The second-order valence-electron chi connectivity index (χ2n) is 6.18. The SMILES string of the molecule is CC1(C)COCCN1Cc1cc2ccccc2cc1N. The summed E-state index contributed by atoms with van der Waals surface area (Å²) in [5.41, 5.74) is 8.39. The van der Waals surface area contributed by atoms with Crippen LogP contribution in [0.5, 0.6) is 0 Å². The van der Waals surface area contributed by atoms with Crippen molar-refractivity contribution in [1.82, 2.24) is 4.90 Å².